The molecule has 1 aliphatic heterocycles. The van der Waals surface area contributed by atoms with Gasteiger partial charge in [0.25, 0.3) is 0 Å². The number of hydrogen-bond acceptors (Lipinski definition) is 17. The number of guanidine groups is 1. The van der Waals surface area contributed by atoms with Crippen LogP contribution in [0.25, 0.3) is 10.9 Å². The molecule has 1 aromatic heterocycles. The van der Waals surface area contributed by atoms with Gasteiger partial charge in [0, 0.05) is 55.7 Å². The molecule has 574 valence electrons. The monoisotopic (exact) mass is 1500 g/mol. The molecule has 2 heterocycles. The smallest absolute Gasteiger partial charge is 0.350 e. The molecule has 1 saturated heterocycles. The summed E-state index contributed by atoms with van der Waals surface area (Å²) >= 11 is 0. The number of rotatable bonds is 23. The molecule has 0 saturated carbocycles. The maximum Gasteiger partial charge on any atom is 0.350 e. The second-order valence-corrected chi connectivity index (χ2v) is 26.5. The van der Waals surface area contributed by atoms with E-state index in [0.29, 0.717) is 43.6 Å². The third-order valence-electron chi connectivity index (χ3n) is 18.1. The Labute approximate surface area is 625 Å². The molecule has 109 heavy (non-hydrogen) atoms. The van der Waals surface area contributed by atoms with Crippen LogP contribution in [-0.2, 0) is 101 Å². The predicted octanol–water partition coefficient (Wildman–Crippen LogP) is -1.51. The van der Waals surface area contributed by atoms with Crippen molar-refractivity contribution in [2.75, 3.05) is 6.54 Å². The number of H-pyrrole nitrogens is 1. The van der Waals surface area contributed by atoms with Crippen LogP contribution in [0.5, 0.6) is 11.5 Å². The molecule has 0 unspecified atom stereocenters. The van der Waals surface area contributed by atoms with Gasteiger partial charge >= 0.3 is 5.97 Å². The van der Waals surface area contributed by atoms with E-state index in [9.17, 15) is 44.1 Å². The van der Waals surface area contributed by atoms with Crippen molar-refractivity contribution in [3.63, 3.8) is 0 Å². The first kappa shape index (κ1) is 81.5. The first-order valence-corrected chi connectivity index (χ1v) is 34.9. The molecule has 12 amide bonds. The molecule has 6 aromatic carbocycles. The van der Waals surface area contributed by atoms with Gasteiger partial charge in [-0.25, -0.2) is 4.79 Å². The van der Waals surface area contributed by atoms with Crippen molar-refractivity contribution in [2.45, 2.75) is 144 Å². The van der Waals surface area contributed by atoms with Gasteiger partial charge in [0.05, 0.1) is 18.9 Å². The highest BCUT2D eigenvalue weighted by atomic mass is 16.4. The van der Waals surface area contributed by atoms with Crippen LogP contribution in [0.1, 0.15) is 72.9 Å². The van der Waals surface area contributed by atoms with E-state index >= 15 is 33.6 Å². The summed E-state index contributed by atoms with van der Waals surface area (Å²) in [6.07, 6.45) is -3.32. The number of primary amides is 2. The highest BCUT2D eigenvalue weighted by Gasteiger charge is 2.51. The third kappa shape index (κ3) is 23.4. The maximum absolute atomic E-state index is 15.9. The Morgan fingerprint density at radius 2 is 0.972 bits per heavy atom. The van der Waals surface area contributed by atoms with Gasteiger partial charge in [-0.2, -0.15) is 0 Å². The Kier molecular flexibility index (Phi) is 28.5. The summed E-state index contributed by atoms with van der Waals surface area (Å²) in [5, 5.41) is 55.4. The van der Waals surface area contributed by atoms with Crippen molar-refractivity contribution in [1.82, 2.24) is 57.7 Å². The Balaban J connectivity index is 1.31. The summed E-state index contributed by atoms with van der Waals surface area (Å²) in [7, 11) is 0. The molecule has 33 nitrogen and oxygen atoms in total. The first-order chi connectivity index (χ1) is 51.9. The molecule has 7 aromatic rings. The lowest BCUT2D eigenvalue weighted by atomic mass is 9.96. The van der Waals surface area contributed by atoms with Crippen molar-refractivity contribution in [3.8, 4) is 11.5 Å². The van der Waals surface area contributed by atoms with Gasteiger partial charge in [-0.1, -0.05) is 133 Å². The molecule has 11 atom stereocenters. The number of benzene rings is 6. The molecule has 33 heteroatoms. The molecule has 1 fully saturated rings. The largest absolute Gasteiger partial charge is 0.508 e. The Hall–Kier alpha value is -13.2. The standard InChI is InChI=1S/C76H89N17O16/c1-42-65(99)86-57(36-45-19-10-5-11-20-45)73(107)92-76(2,74(108)109)93(61(64(79)98)37-47-26-30-50(95)31-27-47)63(97)40-60(87-66(100)52(77)33-46-24-28-49(94)29-25-46)72(106)89-56(35-44-17-8-4-9-18-44)70(104)88-55(34-43-15-6-3-7-16-43)69(103)85-54(23-14-32-82-75(80)81)67(101)90-58(38-48-41-83-53-22-13-12-21-51(48)53)71(105)91-59(39-62(78)96)68(102)84-42/h3-13,15-22,24-31,41-42,52,54-61,83,94-95H,14,23,32-40,77H2,1-2H3,(H2,78,96)(H2,79,98)(H,84,102)(H,85,103)(H,86,99)(H,87,100)(H,88,104)(H,89,106)(H,90,101)(H,91,105)(H,92,107)(H,108,109)(H4,80,81,82)/t42-,52-,54-,55+,56-,57-,58-,59-,60-,61-,76-/m0/s1. The van der Waals surface area contributed by atoms with Crippen LogP contribution in [0, 0.1) is 0 Å². The Bertz CT molecular complexity index is 4450. The molecular weight excluding hydrogens is 1410 g/mol. The zero-order valence-corrected chi connectivity index (χ0v) is 59.6. The average molecular weight is 1500 g/mol. The lowest BCUT2D eigenvalue weighted by molar-refractivity contribution is -0.168. The molecule has 23 N–H and O–H groups in total. The van der Waals surface area contributed by atoms with Gasteiger partial charge in [0.2, 0.25) is 76.5 Å². The van der Waals surface area contributed by atoms with Gasteiger partial charge in [-0.05, 0) is 96.8 Å². The summed E-state index contributed by atoms with van der Waals surface area (Å²) in [5.74, 6) is -17.2. The number of aromatic amines is 1. The number of aliphatic carboxylic acids is 1. The number of fused-ring (bicyclic) bond motifs is 1. The zero-order valence-electron chi connectivity index (χ0n) is 59.6. The van der Waals surface area contributed by atoms with Crippen LogP contribution in [0.15, 0.2) is 175 Å². The number of nitrogens with one attached hydrogen (secondary N) is 10. The van der Waals surface area contributed by atoms with Gasteiger partial charge < -0.3 is 96.8 Å². The lowest BCUT2D eigenvalue weighted by Gasteiger charge is -2.43. The number of amides is 12. The van der Waals surface area contributed by atoms with Crippen LogP contribution >= 0.6 is 0 Å². The molecule has 8 rings (SSSR count). The highest BCUT2D eigenvalue weighted by molar-refractivity contribution is 6.02. The number of aliphatic imine (C=N–C) groups is 1. The minimum absolute atomic E-state index is 0.00239. The number of para-hydroxylation sites is 1. The number of nitrogens with zero attached hydrogens (tertiary/aromatic N) is 2. The second kappa shape index (κ2) is 38.2. The number of aromatic nitrogens is 1. The van der Waals surface area contributed by atoms with Gasteiger partial charge in [0.15, 0.2) is 5.96 Å². The quantitative estimate of drug-likeness (QED) is 0.0197. The van der Waals surface area contributed by atoms with E-state index in [1.54, 1.807) is 121 Å². The topological polar surface area (TPSA) is 552 Å². The van der Waals surface area contributed by atoms with Gasteiger partial charge in [0.1, 0.15) is 65.9 Å². The van der Waals surface area contributed by atoms with E-state index in [1.807, 2.05) is 0 Å². The minimum atomic E-state index is -3.19. The fraction of sp³-hybridized carbons (Fsp3) is 0.316. The van der Waals surface area contributed by atoms with E-state index in [4.69, 9.17) is 28.7 Å². The van der Waals surface area contributed by atoms with E-state index in [1.165, 1.54) is 48.5 Å². The zero-order chi connectivity index (χ0) is 79.1. The number of nitrogens with two attached hydrogens (primary N) is 5. The normalized spacial score (nSPS) is 21.7. The van der Waals surface area contributed by atoms with E-state index in [-0.39, 0.29) is 61.7 Å². The Morgan fingerprint density at radius 3 is 1.48 bits per heavy atom. The first-order valence-electron chi connectivity index (χ1n) is 34.9. The number of phenols is 2. The summed E-state index contributed by atoms with van der Waals surface area (Å²) in [6, 6.07) is 23.6. The van der Waals surface area contributed by atoms with Crippen LogP contribution in [0.3, 0.4) is 0 Å². The summed E-state index contributed by atoms with van der Waals surface area (Å²) in [4.78, 5) is 200. The van der Waals surface area contributed by atoms with E-state index < -0.39 is 175 Å². The molecule has 0 bridgehead atoms. The van der Waals surface area contributed by atoms with E-state index in [2.05, 4.69) is 57.8 Å². The Morgan fingerprint density at radius 1 is 0.532 bits per heavy atom. The second-order valence-electron chi connectivity index (χ2n) is 26.5. The number of hydrogen-bond donors (Lipinski definition) is 18. The fourth-order valence-corrected chi connectivity index (χ4v) is 12.3. The number of phenolic OH excluding ortho intramolecular Hbond substituents is 2. The highest BCUT2D eigenvalue weighted by Crippen LogP contribution is 2.26. The predicted molar refractivity (Wildman–Crippen MR) is 398 cm³/mol. The van der Waals surface area contributed by atoms with E-state index in [0.717, 1.165) is 13.8 Å². The fourth-order valence-electron chi connectivity index (χ4n) is 12.3. The van der Waals surface area contributed by atoms with Crippen LogP contribution < -0.4 is 76.5 Å². The molecule has 0 aliphatic carbocycles. The average Bonchev–Trinajstić information content (AvgIpc) is 1.23. The van der Waals surface area contributed by atoms with Crippen LogP contribution in [0.4, 0.5) is 0 Å². The van der Waals surface area contributed by atoms with Crippen LogP contribution in [0.2, 0.25) is 0 Å². The van der Waals surface area contributed by atoms with Crippen molar-refractivity contribution in [1.29, 1.82) is 0 Å². The van der Waals surface area contributed by atoms with Crippen molar-refractivity contribution >= 4 is 93.7 Å². The number of aromatic hydroxyl groups is 2. The lowest BCUT2D eigenvalue weighted by Crippen LogP contribution is -2.72. The SMILES string of the molecule is C[C@@H]1NC(=O)[C@H](CC(N)=O)NC(=O)[C@H](Cc2c[nH]c3ccccc23)NC(=O)[C@H](CCCN=C(N)N)NC(=O)[C@@H](Cc2ccccc2)NC(=O)[C@H](Cc2ccccc2)NC(=O)[C@@H](NC(=O)[C@@H](N)Cc2ccc(O)cc2)CC(=O)N([C@@H](Cc2ccc(O)cc2)C(N)=O)[C@@](C)(C(=O)O)NC(=O)[C@H](Cc2ccccc2)NC1=O. The van der Waals surface area contributed by atoms with Gasteiger partial charge in [-0.15, -0.1) is 0 Å². The molecular formula is C76H89N17O16. The van der Waals surface area contributed by atoms with Crippen molar-refractivity contribution in [2.24, 2.45) is 33.7 Å². The van der Waals surface area contributed by atoms with Crippen LogP contribution in [-0.4, -0.2) is 181 Å². The van der Waals surface area contributed by atoms with Crippen molar-refractivity contribution < 1.29 is 77.6 Å². The molecule has 1 aliphatic rings. The van der Waals surface area contributed by atoms with Gasteiger partial charge in [-0.3, -0.25) is 67.4 Å². The third-order valence-corrected chi connectivity index (χ3v) is 18.1. The number of carboxylic acid groups (broad SMARTS) is 1. The van der Waals surface area contributed by atoms with Crippen molar-refractivity contribution in [3.05, 3.63) is 203 Å². The number of carbonyl (C=O) groups is 13. The maximum atomic E-state index is 15.9. The number of carbonyl (C=O) groups excluding carboxylic acids is 12. The molecule has 0 spiro atoms. The molecule has 0 radical (unpaired) electrons. The number of carboxylic acids is 1. The summed E-state index contributed by atoms with van der Waals surface area (Å²) in [6.45, 7) is 1.86. The minimum Gasteiger partial charge on any atom is -0.508 e. The summed E-state index contributed by atoms with van der Waals surface area (Å²) < 4.78 is 0. The summed E-state index contributed by atoms with van der Waals surface area (Å²) in [5.41, 5.74) is 29.3.